The lowest BCUT2D eigenvalue weighted by Gasteiger charge is -2.06. The second-order valence-corrected chi connectivity index (χ2v) is 5.21. The highest BCUT2D eigenvalue weighted by molar-refractivity contribution is 5.96. The number of rotatable bonds is 3. The first-order valence-electron chi connectivity index (χ1n) is 7.23. The van der Waals surface area contributed by atoms with Crippen LogP contribution in [0.3, 0.4) is 0 Å². The molecule has 7 heteroatoms. The molecular weight excluding hydrogens is 306 g/mol. The molecule has 4 heterocycles. The molecule has 4 aromatic rings. The van der Waals surface area contributed by atoms with Gasteiger partial charge in [0.1, 0.15) is 11.2 Å². The van der Waals surface area contributed by atoms with Crippen molar-refractivity contribution in [3.63, 3.8) is 0 Å². The molecule has 7 nitrogen and oxygen atoms in total. The summed E-state index contributed by atoms with van der Waals surface area (Å²) in [7, 11) is 3.12. The molecule has 4 rings (SSSR count). The van der Waals surface area contributed by atoms with Crippen molar-refractivity contribution in [3.05, 3.63) is 36.2 Å². The number of pyridine rings is 2. The number of hydrogen-bond donors (Lipinski definition) is 2. The predicted octanol–water partition coefficient (Wildman–Crippen LogP) is 3.00. The van der Waals surface area contributed by atoms with Crippen LogP contribution < -0.4 is 9.47 Å². The SMILES string of the molecule is COc1cc2[nH]cc(-c3cc4c(C#N)ccnc4[nH]3)c2nc1OC. The van der Waals surface area contributed by atoms with Gasteiger partial charge in [-0.05, 0) is 12.1 Å². The monoisotopic (exact) mass is 319 g/mol. The number of ether oxygens (including phenoxy) is 2. The highest BCUT2D eigenvalue weighted by Crippen LogP contribution is 2.34. The van der Waals surface area contributed by atoms with Gasteiger partial charge in [-0.2, -0.15) is 5.26 Å². The summed E-state index contributed by atoms with van der Waals surface area (Å²) < 4.78 is 10.6. The van der Waals surface area contributed by atoms with Crippen LogP contribution in [-0.2, 0) is 0 Å². The van der Waals surface area contributed by atoms with Crippen LogP contribution in [0.25, 0.3) is 33.3 Å². The van der Waals surface area contributed by atoms with E-state index in [1.54, 1.807) is 26.5 Å². The van der Waals surface area contributed by atoms with Gasteiger partial charge in [-0.15, -0.1) is 0 Å². The van der Waals surface area contributed by atoms with Crippen LogP contribution in [0.15, 0.2) is 30.6 Å². The maximum atomic E-state index is 9.23. The average Bonchev–Trinajstić information content (AvgIpc) is 3.22. The molecule has 0 bridgehead atoms. The van der Waals surface area contributed by atoms with E-state index in [-0.39, 0.29) is 0 Å². The summed E-state index contributed by atoms with van der Waals surface area (Å²) in [6.45, 7) is 0. The van der Waals surface area contributed by atoms with Gasteiger partial charge in [0.2, 0.25) is 0 Å². The van der Waals surface area contributed by atoms with Gasteiger partial charge in [0.25, 0.3) is 5.88 Å². The van der Waals surface area contributed by atoms with Crippen molar-refractivity contribution in [2.75, 3.05) is 14.2 Å². The van der Waals surface area contributed by atoms with Crippen molar-refractivity contribution in [2.45, 2.75) is 0 Å². The number of nitrogens with zero attached hydrogens (tertiary/aromatic N) is 3. The Balaban J connectivity index is 1.95. The zero-order valence-electron chi connectivity index (χ0n) is 13.0. The van der Waals surface area contributed by atoms with Crippen LogP contribution in [0.2, 0.25) is 0 Å². The molecule has 0 aliphatic carbocycles. The van der Waals surface area contributed by atoms with Crippen molar-refractivity contribution in [1.82, 2.24) is 19.9 Å². The van der Waals surface area contributed by atoms with E-state index >= 15 is 0 Å². The molecule has 0 radical (unpaired) electrons. The van der Waals surface area contributed by atoms with Crippen molar-refractivity contribution >= 4 is 22.1 Å². The lowest BCUT2D eigenvalue weighted by atomic mass is 10.1. The molecule has 0 amide bonds. The molecule has 0 fully saturated rings. The standard InChI is InChI=1S/C17H13N5O2/c1-23-14-6-13-15(22-17(14)24-2)11(8-20-13)12-5-10-9(7-18)3-4-19-16(10)21-12/h3-6,8,20H,1-2H3,(H,19,21). The first kappa shape index (κ1) is 14.1. The van der Waals surface area contributed by atoms with E-state index in [1.807, 2.05) is 18.3 Å². The summed E-state index contributed by atoms with van der Waals surface area (Å²) in [4.78, 5) is 15.2. The molecule has 0 atom stereocenters. The summed E-state index contributed by atoms with van der Waals surface area (Å²) in [5.41, 5.74) is 4.51. The first-order chi connectivity index (χ1) is 11.7. The normalized spacial score (nSPS) is 10.9. The Bertz CT molecular complexity index is 1100. The van der Waals surface area contributed by atoms with E-state index in [2.05, 4.69) is 26.0 Å². The third-order valence-corrected chi connectivity index (χ3v) is 3.94. The van der Waals surface area contributed by atoms with Gasteiger partial charge in [0.05, 0.1) is 37.1 Å². The minimum Gasteiger partial charge on any atom is -0.491 e. The number of H-pyrrole nitrogens is 2. The zero-order valence-corrected chi connectivity index (χ0v) is 13.0. The number of methoxy groups -OCH3 is 2. The molecule has 0 spiro atoms. The van der Waals surface area contributed by atoms with E-state index < -0.39 is 0 Å². The summed E-state index contributed by atoms with van der Waals surface area (Å²) in [5.74, 6) is 0.973. The fourth-order valence-corrected chi connectivity index (χ4v) is 2.78. The van der Waals surface area contributed by atoms with Gasteiger partial charge in [-0.25, -0.2) is 9.97 Å². The molecule has 4 aromatic heterocycles. The molecule has 24 heavy (non-hydrogen) atoms. The van der Waals surface area contributed by atoms with Crippen LogP contribution in [-0.4, -0.2) is 34.2 Å². The Morgan fingerprint density at radius 1 is 1.21 bits per heavy atom. The quantitative estimate of drug-likeness (QED) is 0.604. The van der Waals surface area contributed by atoms with Crippen molar-refractivity contribution < 1.29 is 9.47 Å². The van der Waals surface area contributed by atoms with Crippen molar-refractivity contribution in [2.24, 2.45) is 0 Å². The lowest BCUT2D eigenvalue weighted by Crippen LogP contribution is -1.93. The summed E-state index contributed by atoms with van der Waals surface area (Å²) in [6, 6.07) is 7.62. The second-order valence-electron chi connectivity index (χ2n) is 5.21. The van der Waals surface area contributed by atoms with Gasteiger partial charge in [0, 0.05) is 29.4 Å². The number of nitrogens with one attached hydrogen (secondary N) is 2. The Labute approximate surface area is 136 Å². The first-order valence-corrected chi connectivity index (χ1v) is 7.23. The van der Waals surface area contributed by atoms with E-state index in [1.165, 1.54) is 0 Å². The third-order valence-electron chi connectivity index (χ3n) is 3.94. The largest absolute Gasteiger partial charge is 0.491 e. The number of nitriles is 1. The molecule has 0 aromatic carbocycles. The third kappa shape index (κ3) is 1.97. The molecule has 0 aliphatic rings. The highest BCUT2D eigenvalue weighted by Gasteiger charge is 2.16. The summed E-state index contributed by atoms with van der Waals surface area (Å²) in [6.07, 6.45) is 3.47. The molecule has 118 valence electrons. The van der Waals surface area contributed by atoms with Crippen LogP contribution in [0.4, 0.5) is 0 Å². The molecule has 0 aliphatic heterocycles. The van der Waals surface area contributed by atoms with Gasteiger partial charge < -0.3 is 19.4 Å². The van der Waals surface area contributed by atoms with Gasteiger partial charge >= 0.3 is 0 Å². The number of fused-ring (bicyclic) bond motifs is 2. The minimum absolute atomic E-state index is 0.415. The van der Waals surface area contributed by atoms with Crippen LogP contribution in [0, 0.1) is 11.3 Å². The second kappa shape index (κ2) is 5.28. The van der Waals surface area contributed by atoms with Gasteiger partial charge in [-0.3, -0.25) is 0 Å². The number of aromatic amines is 2. The lowest BCUT2D eigenvalue weighted by molar-refractivity contribution is 0.344. The highest BCUT2D eigenvalue weighted by atomic mass is 16.5. The van der Waals surface area contributed by atoms with Gasteiger partial charge in [0.15, 0.2) is 5.75 Å². The predicted molar refractivity (Wildman–Crippen MR) is 89.0 cm³/mol. The number of aromatic nitrogens is 4. The molecular formula is C17H13N5O2. The maximum absolute atomic E-state index is 9.23. The molecule has 2 N–H and O–H groups in total. The fourth-order valence-electron chi connectivity index (χ4n) is 2.78. The Hall–Kier alpha value is -3.53. The Kier molecular flexibility index (Phi) is 3.10. The van der Waals surface area contributed by atoms with E-state index in [4.69, 9.17) is 9.47 Å². The van der Waals surface area contributed by atoms with Gasteiger partial charge in [-0.1, -0.05) is 0 Å². The van der Waals surface area contributed by atoms with Crippen LogP contribution in [0.5, 0.6) is 11.6 Å². The minimum atomic E-state index is 0.415. The number of hydrogen-bond acceptors (Lipinski definition) is 5. The average molecular weight is 319 g/mol. The summed E-state index contributed by atoms with van der Waals surface area (Å²) >= 11 is 0. The van der Waals surface area contributed by atoms with Crippen LogP contribution in [0.1, 0.15) is 5.56 Å². The fraction of sp³-hybridized carbons (Fsp3) is 0.118. The van der Waals surface area contributed by atoms with E-state index in [0.717, 1.165) is 27.7 Å². The zero-order chi connectivity index (χ0) is 16.7. The van der Waals surface area contributed by atoms with E-state index in [9.17, 15) is 5.26 Å². The van der Waals surface area contributed by atoms with E-state index in [0.29, 0.717) is 22.8 Å². The topological polar surface area (TPSA) is 99.6 Å². The maximum Gasteiger partial charge on any atom is 0.257 e. The molecule has 0 unspecified atom stereocenters. The Morgan fingerprint density at radius 2 is 2.08 bits per heavy atom. The molecule has 0 saturated carbocycles. The summed E-state index contributed by atoms with van der Waals surface area (Å²) in [5, 5.41) is 10.0. The smallest absolute Gasteiger partial charge is 0.257 e. The molecule has 0 saturated heterocycles. The van der Waals surface area contributed by atoms with Crippen molar-refractivity contribution in [3.8, 4) is 29.0 Å². The Morgan fingerprint density at radius 3 is 2.83 bits per heavy atom. The van der Waals surface area contributed by atoms with Crippen LogP contribution >= 0.6 is 0 Å². The van der Waals surface area contributed by atoms with Crippen molar-refractivity contribution in [1.29, 1.82) is 5.26 Å².